The lowest BCUT2D eigenvalue weighted by Crippen LogP contribution is -2.23. The van der Waals surface area contributed by atoms with Crippen molar-refractivity contribution in [1.29, 1.82) is 0 Å². The predicted molar refractivity (Wildman–Crippen MR) is 94.5 cm³/mol. The van der Waals surface area contributed by atoms with Crippen molar-refractivity contribution in [3.05, 3.63) is 83.0 Å². The Morgan fingerprint density at radius 3 is 2.36 bits per heavy atom. The molecule has 2 aromatic carbocycles. The summed E-state index contributed by atoms with van der Waals surface area (Å²) in [6.07, 6.45) is 3.23. The minimum absolute atomic E-state index is 0.268. The van der Waals surface area contributed by atoms with Crippen LogP contribution in [0.1, 0.15) is 18.4 Å². The van der Waals surface area contributed by atoms with E-state index in [0.717, 1.165) is 29.4 Å². The Labute approximate surface area is 145 Å². The Morgan fingerprint density at radius 2 is 1.64 bits per heavy atom. The molecule has 0 saturated carbocycles. The summed E-state index contributed by atoms with van der Waals surface area (Å²) in [6.45, 7) is 0.268. The molecule has 5 nitrogen and oxygen atoms in total. The van der Waals surface area contributed by atoms with Crippen molar-refractivity contribution in [3.63, 3.8) is 0 Å². The smallest absolute Gasteiger partial charge is 0.429 e. The Bertz CT molecular complexity index is 865. The maximum absolute atomic E-state index is 12.0. The number of unbranched alkanes of at least 4 members (excludes halogenated alkanes) is 1. The zero-order chi connectivity index (χ0) is 17.5. The van der Waals surface area contributed by atoms with Crippen LogP contribution in [0.4, 0.5) is 4.79 Å². The molecule has 5 heteroatoms. The van der Waals surface area contributed by atoms with Crippen LogP contribution in [0, 0.1) is 0 Å². The summed E-state index contributed by atoms with van der Waals surface area (Å²) >= 11 is 0. The number of hydrogen-bond donors (Lipinski definition) is 0. The number of benzene rings is 2. The van der Waals surface area contributed by atoms with E-state index in [0.29, 0.717) is 5.76 Å². The van der Waals surface area contributed by atoms with Crippen LogP contribution in [-0.4, -0.2) is 17.3 Å². The number of aromatic nitrogens is 1. The zero-order valence-electron chi connectivity index (χ0n) is 13.8. The highest BCUT2D eigenvalue weighted by Crippen LogP contribution is 2.17. The third-order valence-electron chi connectivity index (χ3n) is 3.82. The van der Waals surface area contributed by atoms with E-state index in [1.54, 1.807) is 12.1 Å². The Balaban J connectivity index is 1.50. The number of aryl methyl sites for hydroxylation is 1. The molecule has 1 aromatic heterocycles. The summed E-state index contributed by atoms with van der Waals surface area (Å²) in [5.74, 6) is -0.403. The van der Waals surface area contributed by atoms with E-state index in [1.807, 2.05) is 36.4 Å². The first-order valence-corrected chi connectivity index (χ1v) is 8.23. The predicted octanol–water partition coefficient (Wildman–Crippen LogP) is 4.12. The molecule has 0 atom stereocenters. The van der Waals surface area contributed by atoms with Gasteiger partial charge in [0.1, 0.15) is 0 Å². The maximum Gasteiger partial charge on any atom is 0.429 e. The highest BCUT2D eigenvalue weighted by atomic mass is 16.6. The van der Waals surface area contributed by atoms with Crippen LogP contribution < -0.4 is 5.76 Å². The van der Waals surface area contributed by atoms with E-state index < -0.39 is 11.8 Å². The lowest BCUT2D eigenvalue weighted by atomic mass is 10.1. The largest absolute Gasteiger partial charge is 0.449 e. The van der Waals surface area contributed by atoms with Gasteiger partial charge < -0.3 is 9.15 Å². The molecule has 0 bridgehead atoms. The van der Waals surface area contributed by atoms with Crippen LogP contribution in [0.25, 0.3) is 11.3 Å². The van der Waals surface area contributed by atoms with Crippen molar-refractivity contribution in [1.82, 2.24) is 4.57 Å². The Morgan fingerprint density at radius 1 is 0.960 bits per heavy atom. The molecular weight excluding hydrogens is 318 g/mol. The van der Waals surface area contributed by atoms with Crippen molar-refractivity contribution in [2.45, 2.75) is 19.3 Å². The van der Waals surface area contributed by atoms with Gasteiger partial charge in [0, 0.05) is 5.56 Å². The van der Waals surface area contributed by atoms with Crippen LogP contribution in [0.2, 0.25) is 0 Å². The summed E-state index contributed by atoms with van der Waals surface area (Å²) in [6, 6.07) is 19.3. The molecule has 3 aromatic rings. The van der Waals surface area contributed by atoms with Crippen LogP contribution in [0.3, 0.4) is 0 Å². The van der Waals surface area contributed by atoms with Gasteiger partial charge in [-0.1, -0.05) is 60.7 Å². The topological polar surface area (TPSA) is 61.4 Å². The number of rotatable bonds is 6. The molecule has 0 spiro atoms. The second kappa shape index (κ2) is 8.15. The van der Waals surface area contributed by atoms with Crippen molar-refractivity contribution in [2.75, 3.05) is 6.61 Å². The maximum atomic E-state index is 12.0. The van der Waals surface area contributed by atoms with Gasteiger partial charge in [-0.15, -0.1) is 0 Å². The summed E-state index contributed by atoms with van der Waals surface area (Å²) in [5.41, 5.74) is 1.99. The van der Waals surface area contributed by atoms with Gasteiger partial charge in [-0.3, -0.25) is 0 Å². The van der Waals surface area contributed by atoms with Gasteiger partial charge in [-0.25, -0.2) is 9.59 Å². The van der Waals surface area contributed by atoms with Crippen molar-refractivity contribution >= 4 is 6.09 Å². The van der Waals surface area contributed by atoms with Gasteiger partial charge in [0.05, 0.1) is 12.8 Å². The standard InChI is InChI=1S/C20H19NO4/c22-19(24-14-8-7-11-16-9-3-1-4-10-16)21-15-18(25-20(21)23)17-12-5-2-6-13-17/h1-6,9-10,12-13,15H,7-8,11,14H2. The molecule has 25 heavy (non-hydrogen) atoms. The highest BCUT2D eigenvalue weighted by molar-refractivity contribution is 5.71. The number of hydrogen-bond acceptors (Lipinski definition) is 4. The van der Waals surface area contributed by atoms with Gasteiger partial charge in [-0.05, 0) is 24.8 Å². The van der Waals surface area contributed by atoms with Crippen LogP contribution >= 0.6 is 0 Å². The van der Waals surface area contributed by atoms with Gasteiger partial charge in [-0.2, -0.15) is 4.57 Å². The molecule has 0 aliphatic rings. The van der Waals surface area contributed by atoms with E-state index in [9.17, 15) is 9.59 Å². The summed E-state index contributed by atoms with van der Waals surface area (Å²) < 4.78 is 11.1. The molecule has 3 rings (SSSR count). The molecule has 0 amide bonds. The summed E-state index contributed by atoms with van der Waals surface area (Å²) in [5, 5.41) is 0. The monoisotopic (exact) mass is 337 g/mol. The van der Waals surface area contributed by atoms with Gasteiger partial charge in [0.2, 0.25) is 0 Å². The van der Waals surface area contributed by atoms with Crippen LogP contribution in [-0.2, 0) is 11.2 Å². The minimum atomic E-state index is -0.742. The zero-order valence-corrected chi connectivity index (χ0v) is 13.8. The molecule has 0 saturated heterocycles. The minimum Gasteiger partial charge on any atom is -0.449 e. The molecule has 0 unspecified atom stereocenters. The molecule has 1 heterocycles. The normalized spacial score (nSPS) is 10.6. The van der Waals surface area contributed by atoms with E-state index in [1.165, 1.54) is 11.8 Å². The summed E-state index contributed by atoms with van der Waals surface area (Å²) in [7, 11) is 0. The quantitative estimate of drug-likeness (QED) is 0.635. The first kappa shape index (κ1) is 16.8. The second-order valence-electron chi connectivity index (χ2n) is 5.65. The molecule has 0 N–H and O–H groups in total. The SMILES string of the molecule is O=C(OCCCCc1ccccc1)n1cc(-c2ccccc2)oc1=O. The summed E-state index contributed by atoms with van der Waals surface area (Å²) in [4.78, 5) is 23.8. The molecular formula is C20H19NO4. The number of nitrogens with zero attached hydrogens (tertiary/aromatic N) is 1. The van der Waals surface area contributed by atoms with E-state index in [2.05, 4.69) is 12.1 Å². The third-order valence-corrected chi connectivity index (χ3v) is 3.82. The number of carbonyl (C=O) groups excluding carboxylic acids is 1. The highest BCUT2D eigenvalue weighted by Gasteiger charge is 2.15. The van der Waals surface area contributed by atoms with Crippen LogP contribution in [0.5, 0.6) is 0 Å². The van der Waals surface area contributed by atoms with Gasteiger partial charge in [0.15, 0.2) is 5.76 Å². The van der Waals surface area contributed by atoms with Crippen molar-refractivity contribution in [2.24, 2.45) is 0 Å². The fourth-order valence-corrected chi connectivity index (χ4v) is 2.51. The average Bonchev–Trinajstić information content (AvgIpc) is 3.05. The number of carbonyl (C=O) groups is 1. The number of ether oxygens (including phenoxy) is 1. The lowest BCUT2D eigenvalue weighted by molar-refractivity contribution is 0.144. The average molecular weight is 337 g/mol. The Hall–Kier alpha value is -3.08. The van der Waals surface area contributed by atoms with Gasteiger partial charge in [0.25, 0.3) is 0 Å². The Kier molecular flexibility index (Phi) is 5.46. The van der Waals surface area contributed by atoms with E-state index >= 15 is 0 Å². The third kappa shape index (κ3) is 4.47. The first-order chi connectivity index (χ1) is 12.2. The van der Waals surface area contributed by atoms with Crippen molar-refractivity contribution in [3.8, 4) is 11.3 Å². The van der Waals surface area contributed by atoms with Gasteiger partial charge >= 0.3 is 11.8 Å². The molecule has 0 fully saturated rings. The number of oxazole rings is 1. The van der Waals surface area contributed by atoms with Crippen LogP contribution in [0.15, 0.2) is 76.1 Å². The molecule has 128 valence electrons. The second-order valence-corrected chi connectivity index (χ2v) is 5.65. The molecule has 0 radical (unpaired) electrons. The molecule has 0 aliphatic heterocycles. The molecule has 0 aliphatic carbocycles. The van der Waals surface area contributed by atoms with E-state index in [4.69, 9.17) is 9.15 Å². The van der Waals surface area contributed by atoms with Crippen molar-refractivity contribution < 1.29 is 13.9 Å². The fraction of sp³-hybridized carbons (Fsp3) is 0.200. The fourth-order valence-electron chi connectivity index (χ4n) is 2.51. The first-order valence-electron chi connectivity index (χ1n) is 8.23. The van der Waals surface area contributed by atoms with E-state index in [-0.39, 0.29) is 6.61 Å². The lowest BCUT2D eigenvalue weighted by Gasteiger charge is -2.04.